The van der Waals surface area contributed by atoms with E-state index in [9.17, 15) is 13.2 Å². The van der Waals surface area contributed by atoms with Gasteiger partial charge in [-0.3, -0.25) is 0 Å². The molecule has 31 heavy (non-hydrogen) atoms. The summed E-state index contributed by atoms with van der Waals surface area (Å²) < 4.78 is 39.5. The minimum absolute atomic E-state index is 0.145. The first-order chi connectivity index (χ1) is 14.1. The summed E-state index contributed by atoms with van der Waals surface area (Å²) in [5, 5.41) is 0.225. The van der Waals surface area contributed by atoms with E-state index in [1.54, 1.807) is 12.1 Å². The number of hydrogen-bond acceptors (Lipinski definition) is 1. The topological polar surface area (TPSA) is 3.24 Å². The van der Waals surface area contributed by atoms with Gasteiger partial charge in [-0.2, -0.15) is 13.2 Å². The third-order valence-corrected chi connectivity index (χ3v) is 14.5. The van der Waals surface area contributed by atoms with Crippen LogP contribution in [0.4, 0.5) is 18.9 Å². The highest BCUT2D eigenvalue weighted by Gasteiger charge is 2.56. The van der Waals surface area contributed by atoms with Gasteiger partial charge >= 0.3 is 6.18 Å². The summed E-state index contributed by atoms with van der Waals surface area (Å²) in [6, 6.07) is 14.5. The molecule has 3 rings (SSSR count). The number of halogens is 3. The molecular formula is C26H36F3NSi. The Labute approximate surface area is 186 Å². The minimum Gasteiger partial charge on any atom is -0.359 e. The summed E-state index contributed by atoms with van der Waals surface area (Å²) in [7, 11) is -1.73. The second-order valence-electron chi connectivity index (χ2n) is 11.3. The molecule has 0 amide bonds. The van der Waals surface area contributed by atoms with Crippen molar-refractivity contribution in [3.63, 3.8) is 0 Å². The SMILES string of the molecule is Cc1ccc([C@@H]2C[C@H]([Si](C)(C)C(C)(C)C)C(C)(C)N2c2ccc(C(F)(F)F)cc2)cc1. The van der Waals surface area contributed by atoms with Crippen molar-refractivity contribution < 1.29 is 13.2 Å². The second-order valence-corrected chi connectivity index (χ2v) is 16.9. The Morgan fingerprint density at radius 3 is 1.87 bits per heavy atom. The van der Waals surface area contributed by atoms with Crippen molar-refractivity contribution in [1.29, 1.82) is 0 Å². The predicted molar refractivity (Wildman–Crippen MR) is 127 cm³/mol. The van der Waals surface area contributed by atoms with Gasteiger partial charge in [0, 0.05) is 11.2 Å². The highest BCUT2D eigenvalue weighted by atomic mass is 28.3. The first-order valence-corrected chi connectivity index (χ1v) is 14.2. The molecule has 0 unspecified atom stereocenters. The van der Waals surface area contributed by atoms with E-state index in [0.29, 0.717) is 5.54 Å². The zero-order chi connectivity index (χ0) is 23.4. The van der Waals surface area contributed by atoms with Gasteiger partial charge < -0.3 is 4.90 Å². The zero-order valence-electron chi connectivity index (χ0n) is 20.1. The lowest BCUT2D eigenvalue weighted by atomic mass is 10.00. The van der Waals surface area contributed by atoms with Crippen LogP contribution in [0, 0.1) is 6.92 Å². The Morgan fingerprint density at radius 2 is 1.42 bits per heavy atom. The van der Waals surface area contributed by atoms with E-state index in [1.807, 2.05) is 0 Å². The lowest BCUT2D eigenvalue weighted by molar-refractivity contribution is -0.137. The fraction of sp³-hybridized carbons (Fsp3) is 0.538. The van der Waals surface area contributed by atoms with E-state index >= 15 is 0 Å². The summed E-state index contributed by atoms with van der Waals surface area (Å²) in [4.78, 5) is 2.39. The van der Waals surface area contributed by atoms with E-state index in [1.165, 1.54) is 23.3 Å². The Morgan fingerprint density at radius 1 is 0.903 bits per heavy atom. The first kappa shape index (κ1) is 23.9. The number of nitrogens with zero attached hydrogens (tertiary/aromatic N) is 1. The average Bonchev–Trinajstić information content (AvgIpc) is 2.92. The molecule has 170 valence electrons. The van der Waals surface area contributed by atoms with E-state index in [0.717, 1.165) is 12.1 Å². The largest absolute Gasteiger partial charge is 0.416 e. The van der Waals surface area contributed by atoms with Crippen molar-refractivity contribution in [2.24, 2.45) is 0 Å². The number of benzene rings is 2. The number of hydrogen-bond donors (Lipinski definition) is 0. The summed E-state index contributed by atoms with van der Waals surface area (Å²) >= 11 is 0. The molecule has 1 aliphatic heterocycles. The van der Waals surface area contributed by atoms with Crippen LogP contribution in [-0.2, 0) is 6.18 Å². The summed E-state index contributed by atoms with van der Waals surface area (Å²) in [5.41, 5.74) is 3.04. The third-order valence-electron chi connectivity index (χ3n) is 7.98. The standard InChI is InChI=1S/C26H36F3NSi/c1-18-9-11-19(12-10-18)22-17-23(31(7,8)24(2,3)4)25(5,6)30(22)21-15-13-20(14-16-21)26(27,28)29/h9-16,22-23H,17H2,1-8H3/t22-,23-/m0/s1. The zero-order valence-corrected chi connectivity index (χ0v) is 21.1. The number of aryl methyl sites for hydroxylation is 1. The van der Waals surface area contributed by atoms with E-state index in [2.05, 4.69) is 83.8 Å². The van der Waals surface area contributed by atoms with Gasteiger partial charge in [0.25, 0.3) is 0 Å². The van der Waals surface area contributed by atoms with Gasteiger partial charge in [-0.25, -0.2) is 0 Å². The lowest BCUT2D eigenvalue weighted by Crippen LogP contribution is -2.52. The lowest BCUT2D eigenvalue weighted by Gasteiger charge is -2.49. The molecule has 1 aliphatic rings. The van der Waals surface area contributed by atoms with Gasteiger partial charge in [0.05, 0.1) is 19.7 Å². The van der Waals surface area contributed by atoms with Crippen molar-refractivity contribution in [2.45, 2.75) is 89.4 Å². The molecule has 5 heteroatoms. The van der Waals surface area contributed by atoms with Crippen LogP contribution in [0.3, 0.4) is 0 Å². The molecule has 0 N–H and O–H groups in total. The van der Waals surface area contributed by atoms with Crippen LogP contribution in [0.25, 0.3) is 0 Å². The van der Waals surface area contributed by atoms with Crippen LogP contribution in [0.5, 0.6) is 0 Å². The van der Waals surface area contributed by atoms with E-state index < -0.39 is 19.8 Å². The van der Waals surface area contributed by atoms with Gasteiger partial charge in [0.2, 0.25) is 0 Å². The molecular weight excluding hydrogens is 411 g/mol. The van der Waals surface area contributed by atoms with Crippen molar-refractivity contribution in [2.75, 3.05) is 4.90 Å². The minimum atomic E-state index is -4.32. The van der Waals surface area contributed by atoms with E-state index in [4.69, 9.17) is 0 Å². The third kappa shape index (κ3) is 4.30. The maximum atomic E-state index is 13.2. The smallest absolute Gasteiger partial charge is 0.359 e. The molecule has 1 nitrogen and oxygen atoms in total. The molecule has 2 aromatic rings. The highest BCUT2D eigenvalue weighted by Crippen LogP contribution is 2.60. The molecule has 0 aromatic heterocycles. The maximum absolute atomic E-state index is 13.2. The molecule has 1 saturated heterocycles. The highest BCUT2D eigenvalue weighted by molar-refractivity contribution is 6.81. The predicted octanol–water partition coefficient (Wildman–Crippen LogP) is 8.62. The Kier molecular flexibility index (Phi) is 5.92. The fourth-order valence-electron chi connectivity index (χ4n) is 5.28. The van der Waals surface area contributed by atoms with Crippen molar-refractivity contribution in [3.05, 3.63) is 65.2 Å². The summed E-state index contributed by atoms with van der Waals surface area (Å²) in [6.07, 6.45) is -3.30. The van der Waals surface area contributed by atoms with Crippen LogP contribution in [0.1, 0.15) is 63.8 Å². The van der Waals surface area contributed by atoms with Gasteiger partial charge in [-0.15, -0.1) is 0 Å². The molecule has 1 heterocycles. The average molecular weight is 448 g/mol. The van der Waals surface area contributed by atoms with Crippen LogP contribution in [0.15, 0.2) is 48.5 Å². The summed E-state index contributed by atoms with van der Waals surface area (Å²) in [6.45, 7) is 18.6. The quantitative estimate of drug-likeness (QED) is 0.426. The van der Waals surface area contributed by atoms with Gasteiger partial charge in [-0.05, 0) is 67.6 Å². The summed E-state index contributed by atoms with van der Waals surface area (Å²) in [5.74, 6) is 0. The Bertz CT molecular complexity index is 906. The van der Waals surface area contributed by atoms with Crippen LogP contribution >= 0.6 is 0 Å². The van der Waals surface area contributed by atoms with Gasteiger partial charge in [0.1, 0.15) is 0 Å². The molecule has 2 aromatic carbocycles. The monoisotopic (exact) mass is 447 g/mol. The van der Waals surface area contributed by atoms with Crippen LogP contribution in [-0.4, -0.2) is 13.6 Å². The molecule has 1 fully saturated rings. The number of alkyl halides is 3. The van der Waals surface area contributed by atoms with Crippen LogP contribution < -0.4 is 4.90 Å². The molecule has 0 spiro atoms. The molecule has 0 aliphatic carbocycles. The number of rotatable bonds is 3. The molecule has 0 radical (unpaired) electrons. The maximum Gasteiger partial charge on any atom is 0.416 e. The molecule has 0 saturated carbocycles. The van der Waals surface area contributed by atoms with Crippen molar-refractivity contribution >= 4 is 13.8 Å². The molecule has 2 atom stereocenters. The Balaban J connectivity index is 2.12. The first-order valence-electron chi connectivity index (χ1n) is 11.1. The van der Waals surface area contributed by atoms with Gasteiger partial charge in [0.15, 0.2) is 0 Å². The van der Waals surface area contributed by atoms with Crippen molar-refractivity contribution in [3.8, 4) is 0 Å². The van der Waals surface area contributed by atoms with E-state index in [-0.39, 0.29) is 16.6 Å². The fourth-order valence-corrected chi connectivity index (χ4v) is 9.05. The second kappa shape index (κ2) is 7.68. The molecule has 0 bridgehead atoms. The van der Waals surface area contributed by atoms with Crippen LogP contribution in [0.2, 0.25) is 23.7 Å². The normalized spacial score (nSPS) is 22.1. The Hall–Kier alpha value is -1.75. The van der Waals surface area contributed by atoms with Gasteiger partial charge in [-0.1, -0.05) is 63.7 Å². The van der Waals surface area contributed by atoms with Crippen molar-refractivity contribution in [1.82, 2.24) is 0 Å². The number of anilines is 1.